The first-order valence-corrected chi connectivity index (χ1v) is 8.37. The van der Waals surface area contributed by atoms with Crippen molar-refractivity contribution in [2.75, 3.05) is 26.3 Å². The van der Waals surface area contributed by atoms with Crippen molar-refractivity contribution in [3.05, 3.63) is 36.7 Å². The number of hydrogen-bond acceptors (Lipinski definition) is 5. The van der Waals surface area contributed by atoms with Gasteiger partial charge >= 0.3 is 6.03 Å². The molecule has 25 heavy (non-hydrogen) atoms. The van der Waals surface area contributed by atoms with Gasteiger partial charge in [0.25, 0.3) is 0 Å². The van der Waals surface area contributed by atoms with Crippen LogP contribution >= 0.6 is 0 Å². The molecule has 2 atom stereocenters. The van der Waals surface area contributed by atoms with Crippen LogP contribution in [0.2, 0.25) is 0 Å². The molecule has 0 aliphatic carbocycles. The molecule has 4 heterocycles. The van der Waals surface area contributed by atoms with Gasteiger partial charge in [0.2, 0.25) is 0 Å². The minimum Gasteiger partial charge on any atom is -0.347 e. The molecule has 2 amide bonds. The molecule has 134 valence electrons. The smallest absolute Gasteiger partial charge is 0.345 e. The van der Waals surface area contributed by atoms with Crippen LogP contribution in [0.3, 0.4) is 0 Å². The maximum atomic E-state index is 12.3. The van der Waals surface area contributed by atoms with Crippen LogP contribution in [-0.4, -0.2) is 63.9 Å². The average Bonchev–Trinajstić information content (AvgIpc) is 3.25. The lowest BCUT2D eigenvalue weighted by molar-refractivity contribution is -0.139. The van der Waals surface area contributed by atoms with Gasteiger partial charge in [0, 0.05) is 12.7 Å². The van der Waals surface area contributed by atoms with Gasteiger partial charge in [0.05, 0.1) is 37.2 Å². The maximum absolute atomic E-state index is 12.3. The Balaban J connectivity index is 1.52. The summed E-state index contributed by atoms with van der Waals surface area (Å²) in [6.07, 6.45) is 5.37. The molecule has 8 nitrogen and oxygen atoms in total. The fraction of sp³-hybridized carbons (Fsp3) is 0.529. The third kappa shape index (κ3) is 2.97. The number of rotatable bonds is 5. The normalized spacial score (nSPS) is 27.8. The van der Waals surface area contributed by atoms with Crippen molar-refractivity contribution in [2.24, 2.45) is 0 Å². The summed E-state index contributed by atoms with van der Waals surface area (Å²) in [6.45, 7) is 9.31. The van der Waals surface area contributed by atoms with Crippen LogP contribution in [0.5, 0.6) is 0 Å². The van der Waals surface area contributed by atoms with Gasteiger partial charge in [-0.05, 0) is 26.0 Å². The molecule has 0 aromatic carbocycles. The number of ether oxygens (including phenoxy) is 2. The largest absolute Gasteiger partial charge is 0.347 e. The Labute approximate surface area is 146 Å². The molecular weight excluding hydrogens is 324 g/mol. The summed E-state index contributed by atoms with van der Waals surface area (Å²) in [7, 11) is 0. The zero-order valence-corrected chi connectivity index (χ0v) is 14.4. The van der Waals surface area contributed by atoms with Gasteiger partial charge in [-0.2, -0.15) is 10.2 Å². The van der Waals surface area contributed by atoms with Gasteiger partial charge in [-0.1, -0.05) is 6.08 Å². The predicted molar refractivity (Wildman–Crippen MR) is 89.1 cm³/mol. The molecule has 2 unspecified atom stereocenters. The minimum atomic E-state index is -0.585. The molecule has 3 aliphatic heterocycles. The van der Waals surface area contributed by atoms with Crippen LogP contribution in [-0.2, 0) is 14.3 Å². The molecule has 0 saturated carbocycles. The Bertz CT molecular complexity index is 726. The quantitative estimate of drug-likeness (QED) is 0.760. The lowest BCUT2D eigenvalue weighted by Gasteiger charge is -2.21. The number of fused-ring (bicyclic) bond motifs is 2. The van der Waals surface area contributed by atoms with E-state index >= 15 is 0 Å². The summed E-state index contributed by atoms with van der Waals surface area (Å²) in [5.41, 5.74) is 1.77. The number of hydrogen-bond donors (Lipinski definition) is 0. The van der Waals surface area contributed by atoms with Gasteiger partial charge in [0.15, 0.2) is 5.79 Å². The van der Waals surface area contributed by atoms with E-state index in [1.165, 1.54) is 5.06 Å². The van der Waals surface area contributed by atoms with E-state index in [4.69, 9.17) is 14.3 Å². The van der Waals surface area contributed by atoms with Crippen LogP contribution in [0.1, 0.15) is 25.6 Å². The lowest BCUT2D eigenvalue weighted by Crippen LogP contribution is -2.33. The number of aromatic nitrogens is 2. The van der Waals surface area contributed by atoms with E-state index < -0.39 is 5.79 Å². The second kappa shape index (κ2) is 5.98. The molecule has 2 bridgehead atoms. The fourth-order valence-electron chi connectivity index (χ4n) is 3.32. The molecule has 3 aliphatic rings. The van der Waals surface area contributed by atoms with Crippen molar-refractivity contribution in [3.63, 3.8) is 0 Å². The summed E-state index contributed by atoms with van der Waals surface area (Å²) in [5, 5.41) is 6.03. The van der Waals surface area contributed by atoms with Crippen molar-refractivity contribution in [1.82, 2.24) is 19.7 Å². The molecule has 8 heteroatoms. The highest BCUT2D eigenvalue weighted by Gasteiger charge is 2.41. The number of nitrogens with zero attached hydrogens (tertiary/aromatic N) is 4. The average molecular weight is 346 g/mol. The Morgan fingerprint density at radius 1 is 1.52 bits per heavy atom. The Kier molecular flexibility index (Phi) is 3.90. The first kappa shape index (κ1) is 16.3. The van der Waals surface area contributed by atoms with Crippen LogP contribution in [0.4, 0.5) is 4.79 Å². The van der Waals surface area contributed by atoms with Crippen molar-refractivity contribution >= 4 is 11.7 Å². The van der Waals surface area contributed by atoms with E-state index in [2.05, 4.69) is 11.7 Å². The standard InChI is InChI=1S/C17H22N4O4/c1-4-7-24-21-13-8-12(9-19(10-13)16(21)22)20-6-5-14(18-20)15-11-23-17(2,3)25-15/h4-6,8,13,15H,1,7,9-11H2,2-3H3. The molecule has 1 aromatic heterocycles. The molecule has 0 N–H and O–H groups in total. The third-order valence-electron chi connectivity index (χ3n) is 4.48. The molecule has 1 aromatic rings. The molecule has 4 rings (SSSR count). The number of carbonyl (C=O) groups is 1. The zero-order valence-electron chi connectivity index (χ0n) is 14.4. The molecular formula is C17H22N4O4. The second-order valence-electron chi connectivity index (χ2n) is 6.80. The molecule has 0 spiro atoms. The first-order chi connectivity index (χ1) is 12.0. The highest BCUT2D eigenvalue weighted by atomic mass is 16.7. The van der Waals surface area contributed by atoms with E-state index in [-0.39, 0.29) is 18.2 Å². The first-order valence-electron chi connectivity index (χ1n) is 8.37. The van der Waals surface area contributed by atoms with E-state index in [0.717, 1.165) is 11.4 Å². The molecule has 0 radical (unpaired) electrons. The highest BCUT2D eigenvalue weighted by molar-refractivity contribution is 5.80. The SMILES string of the molecule is C=CCON1C(=O)N2CC(n3ccc(C4COC(C)(C)O4)n3)=CC1C2. The minimum absolute atomic E-state index is 0.117. The monoisotopic (exact) mass is 346 g/mol. The third-order valence-corrected chi connectivity index (χ3v) is 4.48. The summed E-state index contributed by atoms with van der Waals surface area (Å²) >= 11 is 0. The number of amides is 2. The summed E-state index contributed by atoms with van der Waals surface area (Å²) < 4.78 is 13.2. The maximum Gasteiger partial charge on any atom is 0.345 e. The van der Waals surface area contributed by atoms with Gasteiger partial charge in [-0.15, -0.1) is 6.58 Å². The van der Waals surface area contributed by atoms with E-state index in [1.807, 2.05) is 32.2 Å². The number of urea groups is 1. The summed E-state index contributed by atoms with van der Waals surface area (Å²) in [4.78, 5) is 19.6. The Morgan fingerprint density at radius 3 is 3.08 bits per heavy atom. The van der Waals surface area contributed by atoms with E-state index in [9.17, 15) is 4.79 Å². The Morgan fingerprint density at radius 2 is 2.36 bits per heavy atom. The van der Waals surface area contributed by atoms with Gasteiger partial charge in [-0.25, -0.2) is 9.48 Å². The van der Waals surface area contributed by atoms with Crippen molar-refractivity contribution < 1.29 is 19.1 Å². The van der Waals surface area contributed by atoms with Crippen molar-refractivity contribution in [1.29, 1.82) is 0 Å². The Hall–Kier alpha value is -2.16. The molecule has 2 fully saturated rings. The van der Waals surface area contributed by atoms with Crippen molar-refractivity contribution in [3.8, 4) is 0 Å². The van der Waals surface area contributed by atoms with Crippen LogP contribution in [0, 0.1) is 0 Å². The van der Waals surface area contributed by atoms with Gasteiger partial charge < -0.3 is 14.4 Å². The highest BCUT2D eigenvalue weighted by Crippen LogP contribution is 2.32. The number of carbonyl (C=O) groups excluding carboxylic acids is 1. The second-order valence-corrected chi connectivity index (χ2v) is 6.80. The van der Waals surface area contributed by atoms with Crippen molar-refractivity contribution in [2.45, 2.75) is 31.8 Å². The zero-order chi connectivity index (χ0) is 17.6. The topological polar surface area (TPSA) is 69.1 Å². The number of hydroxylamine groups is 2. The van der Waals surface area contributed by atoms with E-state index in [1.54, 1.807) is 15.7 Å². The van der Waals surface area contributed by atoms with Gasteiger partial charge in [-0.3, -0.25) is 4.84 Å². The summed E-state index contributed by atoms with van der Waals surface area (Å²) in [6, 6.07) is 1.68. The summed E-state index contributed by atoms with van der Waals surface area (Å²) in [5.74, 6) is -0.585. The molecule has 2 saturated heterocycles. The predicted octanol–water partition coefficient (Wildman–Crippen LogP) is 1.79. The van der Waals surface area contributed by atoms with Crippen LogP contribution < -0.4 is 0 Å². The fourth-order valence-corrected chi connectivity index (χ4v) is 3.32. The van der Waals surface area contributed by atoms with Gasteiger partial charge in [0.1, 0.15) is 6.10 Å². The van der Waals surface area contributed by atoms with Crippen LogP contribution in [0.25, 0.3) is 5.70 Å². The van der Waals surface area contributed by atoms with Crippen LogP contribution in [0.15, 0.2) is 31.0 Å². The lowest BCUT2D eigenvalue weighted by atomic mass is 10.2. The van der Waals surface area contributed by atoms with E-state index in [0.29, 0.717) is 26.3 Å².